The first kappa shape index (κ1) is 32.8. The molecule has 226 valence electrons. The van der Waals surface area contributed by atoms with Gasteiger partial charge >= 0.3 is 24.3 Å². The molecule has 1 fully saturated rings. The second-order valence-corrected chi connectivity index (χ2v) is 8.59. The van der Waals surface area contributed by atoms with Gasteiger partial charge in [0.1, 0.15) is 11.5 Å². The summed E-state index contributed by atoms with van der Waals surface area (Å²) in [7, 11) is 0. The number of carbonyl (C=O) groups excluding carboxylic acids is 1. The van der Waals surface area contributed by atoms with E-state index in [-0.39, 0.29) is 5.91 Å². The molecular formula is C22H25F6N7O6. The van der Waals surface area contributed by atoms with Crippen molar-refractivity contribution in [3.63, 3.8) is 0 Å². The van der Waals surface area contributed by atoms with Crippen LogP contribution in [0.2, 0.25) is 0 Å². The van der Waals surface area contributed by atoms with Crippen LogP contribution in [0.4, 0.5) is 32.2 Å². The Bertz CT molecular complexity index is 1150. The number of amides is 1. The molecule has 13 nitrogen and oxygen atoms in total. The summed E-state index contributed by atoms with van der Waals surface area (Å²) in [5.41, 5.74) is 0.0258. The summed E-state index contributed by atoms with van der Waals surface area (Å²) >= 11 is 0. The molecule has 1 amide bonds. The average Bonchev–Trinajstić information content (AvgIpc) is 3.57. The molecule has 41 heavy (non-hydrogen) atoms. The van der Waals surface area contributed by atoms with E-state index in [2.05, 4.69) is 30.3 Å². The zero-order valence-electron chi connectivity index (χ0n) is 21.1. The number of nitrogens with zero attached hydrogens (tertiary/aromatic N) is 6. The minimum Gasteiger partial charge on any atom is -0.475 e. The molecule has 1 saturated heterocycles. The Balaban J connectivity index is 0.000000349. The van der Waals surface area contributed by atoms with Crippen molar-refractivity contribution in [2.75, 3.05) is 24.5 Å². The predicted molar refractivity (Wildman–Crippen MR) is 127 cm³/mol. The van der Waals surface area contributed by atoms with Crippen LogP contribution in [0.3, 0.4) is 0 Å². The van der Waals surface area contributed by atoms with Gasteiger partial charge in [0, 0.05) is 50.8 Å². The van der Waals surface area contributed by atoms with Crippen molar-refractivity contribution in [2.45, 2.75) is 50.2 Å². The minimum absolute atomic E-state index is 0.144. The fraction of sp³-hybridized carbons (Fsp3) is 0.500. The number of imidazole rings is 1. The molecule has 2 aromatic heterocycles. The number of rotatable bonds is 6. The molecule has 4 rings (SSSR count). The Hall–Kier alpha value is -4.45. The number of aromatic nitrogens is 4. The molecule has 0 saturated carbocycles. The lowest BCUT2D eigenvalue weighted by molar-refractivity contribution is -0.193. The highest BCUT2D eigenvalue weighted by Crippen LogP contribution is 2.34. The first-order chi connectivity index (χ1) is 19.1. The maximum absolute atomic E-state index is 12.4. The number of aliphatic carboxylic acids is 2. The number of hydrogen-bond acceptors (Lipinski definition) is 9. The number of hydrogen-bond donors (Lipinski definition) is 3. The van der Waals surface area contributed by atoms with E-state index in [1.54, 1.807) is 31.1 Å². The molecule has 1 unspecified atom stereocenters. The number of carboxylic acids is 2. The highest BCUT2D eigenvalue weighted by molar-refractivity contribution is 6.39. The van der Waals surface area contributed by atoms with E-state index in [1.165, 1.54) is 0 Å². The van der Waals surface area contributed by atoms with Gasteiger partial charge in [0.15, 0.2) is 5.60 Å². The van der Waals surface area contributed by atoms with Crippen LogP contribution >= 0.6 is 0 Å². The molecule has 1 spiro atoms. The molecule has 0 aromatic carbocycles. The molecule has 0 aliphatic carbocycles. The van der Waals surface area contributed by atoms with Crippen molar-refractivity contribution >= 4 is 29.4 Å². The van der Waals surface area contributed by atoms with Crippen LogP contribution in [0.25, 0.3) is 0 Å². The molecule has 4 heterocycles. The third-order valence-electron chi connectivity index (χ3n) is 5.44. The van der Waals surface area contributed by atoms with Gasteiger partial charge in [0.2, 0.25) is 0 Å². The summed E-state index contributed by atoms with van der Waals surface area (Å²) in [6.45, 7) is 2.97. The van der Waals surface area contributed by atoms with Crippen LogP contribution in [-0.2, 0) is 25.8 Å². The van der Waals surface area contributed by atoms with Gasteiger partial charge in [-0.1, -0.05) is 5.16 Å². The summed E-state index contributed by atoms with van der Waals surface area (Å²) in [6, 6.07) is 0. The van der Waals surface area contributed by atoms with E-state index < -0.39 is 29.9 Å². The first-order valence-corrected chi connectivity index (χ1v) is 11.7. The lowest BCUT2D eigenvalue weighted by atomic mass is 9.88. The summed E-state index contributed by atoms with van der Waals surface area (Å²) in [4.78, 5) is 50.6. The number of alkyl halides is 6. The molecular weight excluding hydrogens is 572 g/mol. The van der Waals surface area contributed by atoms with Crippen molar-refractivity contribution in [2.24, 2.45) is 5.16 Å². The van der Waals surface area contributed by atoms with Crippen molar-refractivity contribution in [3.05, 3.63) is 37.3 Å². The first-order valence-electron chi connectivity index (χ1n) is 11.7. The highest BCUT2D eigenvalue weighted by Gasteiger charge is 2.45. The SMILES string of the molecule is O=C(NCCCn1ccnc1)C1=NOC2(CCCN(c3cnccn3)C2)C1.O=C(O)C(F)(F)F.O=C(O)C(F)(F)F. The monoisotopic (exact) mass is 597 g/mol. The zero-order chi connectivity index (χ0) is 30.7. The van der Waals surface area contributed by atoms with E-state index in [0.717, 1.165) is 38.2 Å². The molecule has 2 aliphatic rings. The van der Waals surface area contributed by atoms with Gasteiger partial charge in [-0.15, -0.1) is 0 Å². The van der Waals surface area contributed by atoms with Gasteiger partial charge < -0.3 is 29.8 Å². The van der Waals surface area contributed by atoms with Crippen molar-refractivity contribution in [1.29, 1.82) is 0 Å². The molecule has 0 radical (unpaired) electrons. The van der Waals surface area contributed by atoms with Crippen LogP contribution in [0.1, 0.15) is 25.7 Å². The number of carboxylic acid groups (broad SMARTS) is 2. The van der Waals surface area contributed by atoms with E-state index >= 15 is 0 Å². The Kier molecular flexibility index (Phi) is 11.4. The quantitative estimate of drug-likeness (QED) is 0.331. The molecule has 3 N–H and O–H groups in total. The van der Waals surface area contributed by atoms with E-state index in [1.807, 2.05) is 10.8 Å². The van der Waals surface area contributed by atoms with Crippen LogP contribution in [0.5, 0.6) is 0 Å². The van der Waals surface area contributed by atoms with Gasteiger partial charge in [-0.3, -0.25) is 9.78 Å². The van der Waals surface area contributed by atoms with Gasteiger partial charge in [0.05, 0.1) is 19.1 Å². The zero-order valence-corrected chi connectivity index (χ0v) is 21.1. The second kappa shape index (κ2) is 14.3. The highest BCUT2D eigenvalue weighted by atomic mass is 19.4. The largest absolute Gasteiger partial charge is 0.490 e. The molecule has 19 heteroatoms. The predicted octanol–water partition coefficient (Wildman–Crippen LogP) is 2.26. The maximum Gasteiger partial charge on any atom is 0.490 e. The summed E-state index contributed by atoms with van der Waals surface area (Å²) in [6.07, 6.45) is 3.56. The summed E-state index contributed by atoms with van der Waals surface area (Å²) < 4.78 is 65.5. The number of oxime groups is 1. The minimum atomic E-state index is -5.08. The standard InChI is InChI=1S/C18H23N7O2.2C2HF3O2/c26-17(22-4-2-8-24-10-7-20-14-24)15-11-18(27-23-15)3-1-9-25(13-18)16-12-19-5-6-21-16;2*3-2(4,5)1(6)7/h5-7,10,12,14H,1-4,8-9,11,13H2,(H,22,26);2*(H,6,7). The average molecular weight is 597 g/mol. The van der Waals surface area contributed by atoms with Crippen molar-refractivity contribution < 1.29 is 55.8 Å². The summed E-state index contributed by atoms with van der Waals surface area (Å²) in [5, 5.41) is 21.3. The van der Waals surface area contributed by atoms with Crippen LogP contribution in [0.15, 0.2) is 42.5 Å². The molecule has 0 bridgehead atoms. The van der Waals surface area contributed by atoms with Crippen LogP contribution in [-0.4, -0.2) is 90.9 Å². The Morgan fingerprint density at radius 3 is 2.22 bits per heavy atom. The van der Waals surface area contributed by atoms with E-state index in [4.69, 9.17) is 24.6 Å². The lowest BCUT2D eigenvalue weighted by Gasteiger charge is -2.38. The Morgan fingerprint density at radius 2 is 1.68 bits per heavy atom. The molecule has 1 atom stereocenters. The second-order valence-electron chi connectivity index (χ2n) is 8.59. The fourth-order valence-corrected chi connectivity index (χ4v) is 3.59. The van der Waals surface area contributed by atoms with Crippen LogP contribution < -0.4 is 10.2 Å². The Morgan fingerprint density at radius 1 is 1.02 bits per heavy atom. The van der Waals surface area contributed by atoms with Crippen LogP contribution in [0, 0.1) is 0 Å². The maximum atomic E-state index is 12.4. The number of halogens is 6. The lowest BCUT2D eigenvalue weighted by Crippen LogP contribution is -2.49. The van der Waals surface area contributed by atoms with Gasteiger partial charge in [-0.25, -0.2) is 19.6 Å². The Labute approximate surface area is 227 Å². The third kappa shape index (κ3) is 10.9. The van der Waals surface area contributed by atoms with Crippen molar-refractivity contribution in [3.8, 4) is 0 Å². The molecule has 2 aliphatic heterocycles. The topological polar surface area (TPSA) is 172 Å². The van der Waals surface area contributed by atoms with Crippen molar-refractivity contribution in [1.82, 2.24) is 24.8 Å². The van der Waals surface area contributed by atoms with E-state index in [0.29, 0.717) is 25.2 Å². The van der Waals surface area contributed by atoms with Gasteiger partial charge in [0.25, 0.3) is 5.91 Å². The summed E-state index contributed by atoms with van der Waals surface area (Å²) in [5.74, 6) is -4.83. The number of piperidine rings is 1. The smallest absolute Gasteiger partial charge is 0.475 e. The number of anilines is 1. The van der Waals surface area contributed by atoms with Gasteiger partial charge in [-0.2, -0.15) is 26.3 Å². The van der Waals surface area contributed by atoms with Gasteiger partial charge in [-0.05, 0) is 19.3 Å². The number of nitrogens with one attached hydrogen (secondary N) is 1. The molecule has 2 aromatic rings. The fourth-order valence-electron chi connectivity index (χ4n) is 3.59. The normalized spacial score (nSPS) is 18.2. The third-order valence-corrected chi connectivity index (χ3v) is 5.44. The van der Waals surface area contributed by atoms with E-state index in [9.17, 15) is 31.1 Å². The number of aryl methyl sites for hydroxylation is 1. The number of carbonyl (C=O) groups is 3.